The molecule has 0 atom stereocenters. The summed E-state index contributed by atoms with van der Waals surface area (Å²) in [6, 6.07) is 2.32. The highest BCUT2D eigenvalue weighted by atomic mass is 32.2. The Labute approximate surface area is 89.1 Å². The van der Waals surface area contributed by atoms with Gasteiger partial charge in [0.05, 0.1) is 0 Å². The Bertz CT molecular complexity index is 243. The summed E-state index contributed by atoms with van der Waals surface area (Å²) in [6.45, 7) is 7.64. The van der Waals surface area contributed by atoms with E-state index in [4.69, 9.17) is 0 Å². The maximum absolute atomic E-state index is 3.26. The topological polar surface area (TPSA) is 12.0 Å². The van der Waals surface area contributed by atoms with Gasteiger partial charge in [-0.15, -0.1) is 11.3 Å². The van der Waals surface area contributed by atoms with Crippen molar-refractivity contribution in [3.63, 3.8) is 0 Å². The van der Waals surface area contributed by atoms with E-state index in [1.165, 1.54) is 10.4 Å². The third kappa shape index (κ3) is 3.71. The SMILES string of the molecule is CCNSCc1cc(C(C)C)cs1. The Balaban J connectivity index is 2.40. The number of hydrogen-bond acceptors (Lipinski definition) is 3. The number of thiophene rings is 1. The normalized spacial score (nSPS) is 11.1. The molecular weight excluding hydrogens is 198 g/mol. The van der Waals surface area contributed by atoms with Crippen LogP contribution in [-0.2, 0) is 5.75 Å². The first-order chi connectivity index (χ1) is 6.24. The zero-order valence-corrected chi connectivity index (χ0v) is 10.1. The van der Waals surface area contributed by atoms with Crippen LogP contribution in [0.5, 0.6) is 0 Å². The van der Waals surface area contributed by atoms with Gasteiger partial charge in [-0.25, -0.2) is 0 Å². The molecule has 1 rings (SSSR count). The molecule has 74 valence electrons. The van der Waals surface area contributed by atoms with Crippen molar-refractivity contribution in [2.75, 3.05) is 6.54 Å². The summed E-state index contributed by atoms with van der Waals surface area (Å²) in [4.78, 5) is 1.47. The van der Waals surface area contributed by atoms with Crippen LogP contribution in [0.4, 0.5) is 0 Å². The Morgan fingerprint density at radius 2 is 2.31 bits per heavy atom. The van der Waals surface area contributed by atoms with Gasteiger partial charge in [-0.3, -0.25) is 4.72 Å². The molecule has 0 aliphatic rings. The minimum Gasteiger partial charge on any atom is -0.264 e. The quantitative estimate of drug-likeness (QED) is 0.594. The molecule has 0 aliphatic heterocycles. The summed E-state index contributed by atoms with van der Waals surface area (Å²) in [5.41, 5.74) is 1.47. The maximum atomic E-state index is 3.26. The summed E-state index contributed by atoms with van der Waals surface area (Å²) in [5, 5.41) is 2.27. The van der Waals surface area contributed by atoms with Crippen molar-refractivity contribution in [3.05, 3.63) is 21.9 Å². The molecule has 3 heteroatoms. The molecule has 1 N–H and O–H groups in total. The molecule has 0 unspecified atom stereocenters. The van der Waals surface area contributed by atoms with Gasteiger partial charge in [-0.05, 0) is 22.9 Å². The van der Waals surface area contributed by atoms with Crippen molar-refractivity contribution in [2.24, 2.45) is 0 Å². The second-order valence-electron chi connectivity index (χ2n) is 3.29. The lowest BCUT2D eigenvalue weighted by Gasteiger charge is -1.99. The Morgan fingerprint density at radius 1 is 1.54 bits per heavy atom. The Kier molecular flexibility index (Phi) is 4.84. The Morgan fingerprint density at radius 3 is 2.85 bits per heavy atom. The van der Waals surface area contributed by atoms with Gasteiger partial charge in [-0.2, -0.15) is 0 Å². The second-order valence-corrected chi connectivity index (χ2v) is 5.15. The van der Waals surface area contributed by atoms with E-state index in [0.717, 1.165) is 12.3 Å². The highest BCUT2D eigenvalue weighted by Gasteiger charge is 2.02. The first-order valence-corrected chi connectivity index (χ1v) is 6.52. The van der Waals surface area contributed by atoms with E-state index in [9.17, 15) is 0 Å². The maximum Gasteiger partial charge on any atom is 0.0424 e. The van der Waals surface area contributed by atoms with Gasteiger partial charge in [0.2, 0.25) is 0 Å². The average Bonchev–Trinajstić information content (AvgIpc) is 2.53. The molecule has 0 aromatic carbocycles. The van der Waals surface area contributed by atoms with E-state index in [0.29, 0.717) is 5.92 Å². The molecule has 1 aromatic heterocycles. The standard InChI is InChI=1S/C10H17NS2/c1-4-11-13-7-10-5-9(6-12-10)8(2)3/h5-6,8,11H,4,7H2,1-3H3. The molecule has 0 spiro atoms. The van der Waals surface area contributed by atoms with Crippen molar-refractivity contribution < 1.29 is 0 Å². The first-order valence-electron chi connectivity index (χ1n) is 4.66. The number of nitrogens with one attached hydrogen (secondary N) is 1. The number of hydrogen-bond donors (Lipinski definition) is 1. The molecule has 0 radical (unpaired) electrons. The zero-order valence-electron chi connectivity index (χ0n) is 8.46. The minimum absolute atomic E-state index is 0.661. The highest BCUT2D eigenvalue weighted by Crippen LogP contribution is 2.24. The van der Waals surface area contributed by atoms with Crippen LogP contribution in [0.3, 0.4) is 0 Å². The predicted molar refractivity (Wildman–Crippen MR) is 63.4 cm³/mol. The van der Waals surface area contributed by atoms with Crippen LogP contribution in [0.15, 0.2) is 11.4 Å². The van der Waals surface area contributed by atoms with Crippen molar-refractivity contribution in [1.29, 1.82) is 0 Å². The van der Waals surface area contributed by atoms with Crippen LogP contribution >= 0.6 is 23.3 Å². The van der Waals surface area contributed by atoms with E-state index in [2.05, 4.69) is 36.9 Å². The summed E-state index contributed by atoms with van der Waals surface area (Å²) in [6.07, 6.45) is 0. The van der Waals surface area contributed by atoms with Gasteiger partial charge in [0.25, 0.3) is 0 Å². The van der Waals surface area contributed by atoms with Crippen molar-refractivity contribution in [2.45, 2.75) is 32.4 Å². The van der Waals surface area contributed by atoms with E-state index < -0.39 is 0 Å². The highest BCUT2D eigenvalue weighted by molar-refractivity contribution is 7.96. The van der Waals surface area contributed by atoms with Crippen molar-refractivity contribution in [1.82, 2.24) is 4.72 Å². The molecule has 0 fully saturated rings. The van der Waals surface area contributed by atoms with Gasteiger partial charge >= 0.3 is 0 Å². The third-order valence-electron chi connectivity index (χ3n) is 1.80. The Hall–Kier alpha value is 0.01000. The molecule has 0 bridgehead atoms. The smallest absolute Gasteiger partial charge is 0.0424 e. The van der Waals surface area contributed by atoms with Crippen molar-refractivity contribution >= 4 is 23.3 Å². The number of rotatable bonds is 5. The molecule has 1 nitrogen and oxygen atoms in total. The van der Waals surface area contributed by atoms with E-state index in [-0.39, 0.29) is 0 Å². The summed E-state index contributed by atoms with van der Waals surface area (Å²) in [5.74, 6) is 1.75. The lowest BCUT2D eigenvalue weighted by atomic mass is 10.1. The van der Waals surface area contributed by atoms with Crippen LogP contribution in [0.1, 0.15) is 37.1 Å². The lowest BCUT2D eigenvalue weighted by Crippen LogP contribution is -2.00. The van der Waals surface area contributed by atoms with E-state index in [1.807, 2.05) is 11.3 Å². The van der Waals surface area contributed by atoms with Crippen LogP contribution in [-0.4, -0.2) is 6.54 Å². The molecule has 0 amide bonds. The van der Waals surface area contributed by atoms with Crippen LogP contribution in [0.2, 0.25) is 0 Å². The molecular formula is C10H17NS2. The molecule has 13 heavy (non-hydrogen) atoms. The molecule has 1 heterocycles. The molecule has 0 saturated heterocycles. The van der Waals surface area contributed by atoms with Crippen LogP contribution in [0.25, 0.3) is 0 Å². The van der Waals surface area contributed by atoms with Gasteiger partial charge in [0, 0.05) is 17.2 Å². The van der Waals surface area contributed by atoms with Gasteiger partial charge in [-0.1, -0.05) is 32.7 Å². The predicted octanol–water partition coefficient (Wildman–Crippen LogP) is 3.63. The van der Waals surface area contributed by atoms with Crippen molar-refractivity contribution in [3.8, 4) is 0 Å². The fraction of sp³-hybridized carbons (Fsp3) is 0.600. The molecule has 1 aromatic rings. The average molecular weight is 215 g/mol. The lowest BCUT2D eigenvalue weighted by molar-refractivity contribution is 0.871. The van der Waals surface area contributed by atoms with Crippen LogP contribution in [0, 0.1) is 0 Å². The van der Waals surface area contributed by atoms with Crippen LogP contribution < -0.4 is 4.72 Å². The summed E-state index contributed by atoms with van der Waals surface area (Å²) < 4.78 is 3.26. The first kappa shape index (κ1) is 11.1. The van der Waals surface area contributed by atoms with Gasteiger partial charge in [0.15, 0.2) is 0 Å². The van der Waals surface area contributed by atoms with Gasteiger partial charge in [0.1, 0.15) is 0 Å². The summed E-state index contributed by atoms with van der Waals surface area (Å²) >= 11 is 3.66. The largest absolute Gasteiger partial charge is 0.264 e. The van der Waals surface area contributed by atoms with Gasteiger partial charge < -0.3 is 0 Å². The monoisotopic (exact) mass is 215 g/mol. The molecule has 0 saturated carbocycles. The van der Waals surface area contributed by atoms with E-state index in [1.54, 1.807) is 11.9 Å². The minimum atomic E-state index is 0.661. The summed E-state index contributed by atoms with van der Waals surface area (Å²) in [7, 11) is 0. The fourth-order valence-electron chi connectivity index (χ4n) is 1.00. The fourth-order valence-corrected chi connectivity index (χ4v) is 2.81. The molecule has 0 aliphatic carbocycles. The second kappa shape index (κ2) is 5.68. The third-order valence-corrected chi connectivity index (χ3v) is 3.89. The zero-order chi connectivity index (χ0) is 9.68. The van der Waals surface area contributed by atoms with E-state index >= 15 is 0 Å².